The Hall–Kier alpha value is -2.00. The molecule has 1 aliphatic heterocycles. The fourth-order valence-corrected chi connectivity index (χ4v) is 2.48. The van der Waals surface area contributed by atoms with Crippen LogP contribution in [-0.2, 0) is 24.4 Å². The van der Waals surface area contributed by atoms with Gasteiger partial charge in [0, 0.05) is 12.0 Å². The minimum atomic E-state index is -0.270. The molecule has 0 atom stereocenters. The molecule has 102 valence electrons. The van der Waals surface area contributed by atoms with Gasteiger partial charge in [0.2, 0.25) is 0 Å². The molecule has 0 saturated heterocycles. The van der Waals surface area contributed by atoms with E-state index < -0.39 is 0 Å². The normalized spacial score (nSPS) is 13.3. The zero-order valence-electron chi connectivity index (χ0n) is 11.3. The number of halogens is 1. The third kappa shape index (κ3) is 2.49. The SMILES string of the molecule is Cc1cc(F)ccc1CC(=O)c1ccc2c(c1)COC2. The molecule has 0 unspecified atom stereocenters. The summed E-state index contributed by atoms with van der Waals surface area (Å²) in [6.45, 7) is 3.02. The molecule has 2 nitrogen and oxygen atoms in total. The van der Waals surface area contributed by atoms with Crippen LogP contribution in [0.15, 0.2) is 36.4 Å². The van der Waals surface area contributed by atoms with Crippen molar-refractivity contribution < 1.29 is 13.9 Å². The highest BCUT2D eigenvalue weighted by Crippen LogP contribution is 2.22. The second-order valence-corrected chi connectivity index (χ2v) is 5.15. The van der Waals surface area contributed by atoms with Gasteiger partial charge in [0.1, 0.15) is 5.82 Å². The van der Waals surface area contributed by atoms with E-state index in [-0.39, 0.29) is 11.6 Å². The maximum absolute atomic E-state index is 13.1. The minimum Gasteiger partial charge on any atom is -0.372 e. The zero-order valence-corrected chi connectivity index (χ0v) is 11.3. The summed E-state index contributed by atoms with van der Waals surface area (Å²) in [4.78, 5) is 12.3. The van der Waals surface area contributed by atoms with E-state index in [0.717, 1.165) is 22.3 Å². The summed E-state index contributed by atoms with van der Waals surface area (Å²) in [7, 11) is 0. The Morgan fingerprint density at radius 1 is 1.15 bits per heavy atom. The molecule has 0 saturated carbocycles. The quantitative estimate of drug-likeness (QED) is 0.797. The number of rotatable bonds is 3. The van der Waals surface area contributed by atoms with E-state index in [1.54, 1.807) is 6.07 Å². The summed E-state index contributed by atoms with van der Waals surface area (Å²) in [5, 5.41) is 0. The Morgan fingerprint density at radius 2 is 1.95 bits per heavy atom. The third-order valence-electron chi connectivity index (χ3n) is 3.70. The number of hydrogen-bond acceptors (Lipinski definition) is 2. The number of fused-ring (bicyclic) bond motifs is 1. The number of benzene rings is 2. The molecule has 0 aromatic heterocycles. The van der Waals surface area contributed by atoms with Crippen molar-refractivity contribution in [3.8, 4) is 0 Å². The van der Waals surface area contributed by atoms with E-state index in [9.17, 15) is 9.18 Å². The lowest BCUT2D eigenvalue weighted by Gasteiger charge is -2.06. The van der Waals surface area contributed by atoms with Gasteiger partial charge in [0.25, 0.3) is 0 Å². The lowest BCUT2D eigenvalue weighted by Crippen LogP contribution is -2.06. The van der Waals surface area contributed by atoms with Crippen LogP contribution < -0.4 is 0 Å². The van der Waals surface area contributed by atoms with Crippen molar-refractivity contribution in [1.29, 1.82) is 0 Å². The summed E-state index contributed by atoms with van der Waals surface area (Å²) in [6.07, 6.45) is 0.297. The van der Waals surface area contributed by atoms with E-state index in [1.165, 1.54) is 12.1 Å². The molecule has 20 heavy (non-hydrogen) atoms. The predicted octanol–water partition coefficient (Wildman–Crippen LogP) is 3.59. The molecule has 2 aromatic carbocycles. The molecule has 1 heterocycles. The number of aryl methyl sites for hydroxylation is 1. The first-order valence-electron chi connectivity index (χ1n) is 6.61. The molecule has 2 aromatic rings. The lowest BCUT2D eigenvalue weighted by molar-refractivity contribution is 0.0992. The molecule has 3 heteroatoms. The van der Waals surface area contributed by atoms with Crippen molar-refractivity contribution in [2.24, 2.45) is 0 Å². The van der Waals surface area contributed by atoms with Crippen LogP contribution in [0.25, 0.3) is 0 Å². The highest BCUT2D eigenvalue weighted by molar-refractivity contribution is 5.97. The van der Waals surface area contributed by atoms with Crippen molar-refractivity contribution in [3.63, 3.8) is 0 Å². The maximum atomic E-state index is 13.1. The maximum Gasteiger partial charge on any atom is 0.167 e. The molecule has 0 amide bonds. The molecular weight excluding hydrogens is 255 g/mol. The Labute approximate surface area is 117 Å². The van der Waals surface area contributed by atoms with Crippen molar-refractivity contribution in [2.45, 2.75) is 26.6 Å². The number of carbonyl (C=O) groups is 1. The summed E-state index contributed by atoms with van der Waals surface area (Å²) >= 11 is 0. The van der Waals surface area contributed by atoms with E-state index in [1.807, 2.05) is 25.1 Å². The molecular formula is C17H15FO2. The number of ether oxygens (including phenoxy) is 1. The standard InChI is InChI=1S/C17H15FO2/c1-11-6-16(18)5-4-12(11)8-17(19)13-2-3-14-9-20-10-15(14)7-13/h2-7H,8-10H2,1H3. The van der Waals surface area contributed by atoms with Crippen LogP contribution in [0, 0.1) is 12.7 Å². The Bertz CT molecular complexity index is 677. The van der Waals surface area contributed by atoms with Gasteiger partial charge in [-0.15, -0.1) is 0 Å². The van der Waals surface area contributed by atoms with E-state index in [0.29, 0.717) is 25.2 Å². The van der Waals surface area contributed by atoms with Crippen molar-refractivity contribution in [1.82, 2.24) is 0 Å². The van der Waals surface area contributed by atoms with Crippen molar-refractivity contribution in [2.75, 3.05) is 0 Å². The Kier molecular flexibility index (Phi) is 3.36. The molecule has 0 spiro atoms. The largest absolute Gasteiger partial charge is 0.372 e. The average molecular weight is 270 g/mol. The highest BCUT2D eigenvalue weighted by atomic mass is 19.1. The fraction of sp³-hybridized carbons (Fsp3) is 0.235. The molecule has 0 fully saturated rings. The van der Waals surface area contributed by atoms with Crippen LogP contribution in [0.4, 0.5) is 4.39 Å². The topological polar surface area (TPSA) is 26.3 Å². The first-order valence-corrected chi connectivity index (χ1v) is 6.61. The molecule has 3 rings (SSSR count). The first-order chi connectivity index (χ1) is 9.63. The molecule has 0 aliphatic carbocycles. The Balaban J connectivity index is 1.82. The van der Waals surface area contributed by atoms with Crippen LogP contribution >= 0.6 is 0 Å². The predicted molar refractivity (Wildman–Crippen MR) is 74.1 cm³/mol. The summed E-state index contributed by atoms with van der Waals surface area (Å²) in [5.74, 6) is -0.220. The van der Waals surface area contributed by atoms with Gasteiger partial charge >= 0.3 is 0 Å². The van der Waals surface area contributed by atoms with E-state index in [2.05, 4.69) is 0 Å². The van der Waals surface area contributed by atoms with Gasteiger partial charge in [-0.25, -0.2) is 4.39 Å². The lowest BCUT2D eigenvalue weighted by atomic mass is 9.97. The number of Topliss-reactive ketones (excluding diaryl/α,β-unsaturated/α-hetero) is 1. The van der Waals surface area contributed by atoms with Gasteiger partial charge in [-0.05, 0) is 47.4 Å². The fourth-order valence-electron chi connectivity index (χ4n) is 2.48. The number of ketones is 1. The number of hydrogen-bond donors (Lipinski definition) is 0. The van der Waals surface area contributed by atoms with Gasteiger partial charge in [0.05, 0.1) is 13.2 Å². The smallest absolute Gasteiger partial charge is 0.167 e. The van der Waals surface area contributed by atoms with Crippen molar-refractivity contribution >= 4 is 5.78 Å². The molecule has 0 N–H and O–H groups in total. The van der Waals surface area contributed by atoms with Crippen LogP contribution in [0.2, 0.25) is 0 Å². The molecule has 0 bridgehead atoms. The third-order valence-corrected chi connectivity index (χ3v) is 3.70. The van der Waals surface area contributed by atoms with Crippen LogP contribution in [0.1, 0.15) is 32.6 Å². The van der Waals surface area contributed by atoms with Gasteiger partial charge in [0.15, 0.2) is 5.78 Å². The molecule has 0 radical (unpaired) electrons. The van der Waals surface area contributed by atoms with Crippen molar-refractivity contribution in [3.05, 3.63) is 70.0 Å². The van der Waals surface area contributed by atoms with Gasteiger partial charge in [-0.1, -0.05) is 18.2 Å². The van der Waals surface area contributed by atoms with Crippen LogP contribution in [0.3, 0.4) is 0 Å². The number of carbonyl (C=O) groups excluding carboxylic acids is 1. The second-order valence-electron chi connectivity index (χ2n) is 5.15. The zero-order chi connectivity index (χ0) is 14.1. The highest BCUT2D eigenvalue weighted by Gasteiger charge is 2.15. The monoisotopic (exact) mass is 270 g/mol. The summed E-state index contributed by atoms with van der Waals surface area (Å²) in [5.41, 5.74) is 4.61. The summed E-state index contributed by atoms with van der Waals surface area (Å²) < 4.78 is 18.4. The second kappa shape index (κ2) is 5.17. The molecule has 1 aliphatic rings. The average Bonchev–Trinajstić information content (AvgIpc) is 2.89. The minimum absolute atomic E-state index is 0.0504. The van der Waals surface area contributed by atoms with Gasteiger partial charge in [-0.3, -0.25) is 4.79 Å². The van der Waals surface area contributed by atoms with Gasteiger partial charge < -0.3 is 4.74 Å². The first kappa shape index (κ1) is 13.0. The van der Waals surface area contributed by atoms with E-state index in [4.69, 9.17) is 4.74 Å². The summed E-state index contributed by atoms with van der Waals surface area (Å²) in [6, 6.07) is 10.2. The van der Waals surface area contributed by atoms with E-state index >= 15 is 0 Å². The van der Waals surface area contributed by atoms with Crippen LogP contribution in [0.5, 0.6) is 0 Å². The van der Waals surface area contributed by atoms with Gasteiger partial charge in [-0.2, -0.15) is 0 Å². The Morgan fingerprint density at radius 3 is 2.75 bits per heavy atom. The van der Waals surface area contributed by atoms with Crippen LogP contribution in [-0.4, -0.2) is 5.78 Å².